The van der Waals surface area contributed by atoms with Crippen molar-refractivity contribution in [2.45, 2.75) is 33.6 Å². The first-order valence-corrected chi connectivity index (χ1v) is 4.86. The molecule has 0 bridgehead atoms. The number of hydrogen-bond acceptors (Lipinski definition) is 1. The highest BCUT2D eigenvalue weighted by Crippen LogP contribution is 2.13. The minimum atomic E-state index is 0.595. The molecule has 0 N–H and O–H groups in total. The quantitative estimate of drug-likeness (QED) is 0.566. The van der Waals surface area contributed by atoms with Crippen LogP contribution in [0.1, 0.15) is 33.6 Å². The Morgan fingerprint density at radius 2 is 1.90 bits per heavy atom. The Balaban J connectivity index is 3.35. The summed E-state index contributed by atoms with van der Waals surface area (Å²) in [6.45, 7) is 6.59. The lowest BCUT2D eigenvalue weighted by Crippen LogP contribution is -2.05. The molecular weight excluding hydrogens is 144 g/mol. The average Bonchev–Trinajstić information content (AvgIpc) is 1.88. The molecule has 0 aromatic carbocycles. The van der Waals surface area contributed by atoms with Gasteiger partial charge in [-0.2, -0.15) is 0 Å². The zero-order valence-corrected chi connectivity index (χ0v) is 7.91. The van der Waals surface area contributed by atoms with Crippen LogP contribution >= 0.6 is 0 Å². The van der Waals surface area contributed by atoms with Crippen LogP contribution in [0.5, 0.6) is 0 Å². The predicted octanol–water partition coefficient (Wildman–Crippen LogP) is 2.49. The van der Waals surface area contributed by atoms with E-state index in [9.17, 15) is 4.21 Å². The van der Waals surface area contributed by atoms with Gasteiger partial charge in [-0.05, 0) is 12.3 Å². The van der Waals surface area contributed by atoms with Crippen LogP contribution in [0.25, 0.3) is 0 Å². The lowest BCUT2D eigenvalue weighted by atomic mass is 9.97. The molecule has 2 atom stereocenters. The molecule has 0 rings (SSSR count). The highest BCUT2D eigenvalue weighted by molar-refractivity contribution is 7.65. The molecule has 0 aliphatic heterocycles. The van der Waals surface area contributed by atoms with Gasteiger partial charge in [0.15, 0.2) is 0 Å². The van der Waals surface area contributed by atoms with Gasteiger partial charge in [0.1, 0.15) is 0 Å². The van der Waals surface area contributed by atoms with Gasteiger partial charge in [-0.3, -0.25) is 0 Å². The maximum atomic E-state index is 10.1. The summed E-state index contributed by atoms with van der Waals surface area (Å²) in [5.74, 6) is 2.14. The summed E-state index contributed by atoms with van der Waals surface area (Å²) < 4.78 is 10.1. The Labute approximate surface area is 67.7 Å². The van der Waals surface area contributed by atoms with Gasteiger partial charge in [0.25, 0.3) is 0 Å². The van der Waals surface area contributed by atoms with E-state index in [0.717, 1.165) is 11.7 Å². The largest absolute Gasteiger partial charge is 0.458 e. The fraction of sp³-hybridized carbons (Fsp3) is 1.00. The SMILES string of the molecule is CCC(C)CC(C)C[S+]=O. The van der Waals surface area contributed by atoms with Gasteiger partial charge in [0, 0.05) is 10.1 Å². The molecule has 2 unspecified atom stereocenters. The van der Waals surface area contributed by atoms with Crippen LogP contribution in [-0.4, -0.2) is 5.75 Å². The molecule has 10 heavy (non-hydrogen) atoms. The fourth-order valence-corrected chi connectivity index (χ4v) is 1.41. The summed E-state index contributed by atoms with van der Waals surface area (Å²) in [5.41, 5.74) is 0. The van der Waals surface area contributed by atoms with Crippen molar-refractivity contribution in [1.29, 1.82) is 0 Å². The Bertz CT molecular complexity index is 93.3. The third-order valence-electron chi connectivity index (χ3n) is 1.85. The summed E-state index contributed by atoms with van der Waals surface area (Å²) in [6, 6.07) is 0. The third-order valence-corrected chi connectivity index (χ3v) is 2.56. The second-order valence-electron chi connectivity index (χ2n) is 3.14. The average molecular weight is 161 g/mol. The van der Waals surface area contributed by atoms with Crippen molar-refractivity contribution in [2.75, 3.05) is 5.75 Å². The normalized spacial score (nSPS) is 16.3. The van der Waals surface area contributed by atoms with Crippen molar-refractivity contribution in [3.8, 4) is 0 Å². The first-order valence-electron chi connectivity index (χ1n) is 3.95. The van der Waals surface area contributed by atoms with Crippen LogP contribution in [0.15, 0.2) is 0 Å². The smallest absolute Gasteiger partial charge is 0.0651 e. The molecule has 0 aliphatic carbocycles. The van der Waals surface area contributed by atoms with Crippen molar-refractivity contribution in [3.05, 3.63) is 0 Å². The molecule has 0 saturated heterocycles. The van der Waals surface area contributed by atoms with Crippen molar-refractivity contribution >= 4 is 11.7 Å². The molecule has 0 radical (unpaired) electrons. The van der Waals surface area contributed by atoms with Crippen molar-refractivity contribution < 1.29 is 4.21 Å². The third kappa shape index (κ3) is 4.86. The van der Waals surface area contributed by atoms with Gasteiger partial charge in [0.2, 0.25) is 5.75 Å². The van der Waals surface area contributed by atoms with Crippen LogP contribution in [0, 0.1) is 11.8 Å². The monoisotopic (exact) mass is 161 g/mol. The van der Waals surface area contributed by atoms with Crippen molar-refractivity contribution in [3.63, 3.8) is 0 Å². The molecule has 60 valence electrons. The van der Waals surface area contributed by atoms with Gasteiger partial charge >= 0.3 is 11.7 Å². The minimum absolute atomic E-state index is 0.595. The van der Waals surface area contributed by atoms with E-state index in [4.69, 9.17) is 0 Å². The minimum Gasteiger partial charge on any atom is -0.0651 e. The molecule has 0 aromatic rings. The van der Waals surface area contributed by atoms with E-state index < -0.39 is 0 Å². The standard InChI is InChI=1S/C8H17OS/c1-4-7(2)5-8(3)6-10-9/h7-8H,4-6H2,1-3H3/q+1. The highest BCUT2D eigenvalue weighted by Gasteiger charge is 2.12. The maximum Gasteiger partial charge on any atom is 0.458 e. The highest BCUT2D eigenvalue weighted by atomic mass is 32.1. The van der Waals surface area contributed by atoms with E-state index in [2.05, 4.69) is 20.8 Å². The summed E-state index contributed by atoms with van der Waals surface area (Å²) in [6.07, 6.45) is 2.43. The molecule has 0 saturated carbocycles. The summed E-state index contributed by atoms with van der Waals surface area (Å²) in [5, 5.41) is 0. The van der Waals surface area contributed by atoms with E-state index in [1.54, 1.807) is 0 Å². The van der Waals surface area contributed by atoms with Gasteiger partial charge in [-0.1, -0.05) is 27.2 Å². The zero-order valence-electron chi connectivity index (χ0n) is 7.09. The van der Waals surface area contributed by atoms with Crippen LogP contribution in [-0.2, 0) is 15.9 Å². The Morgan fingerprint density at radius 3 is 2.30 bits per heavy atom. The first kappa shape index (κ1) is 10.0. The summed E-state index contributed by atoms with van der Waals surface area (Å²) in [4.78, 5) is 0. The van der Waals surface area contributed by atoms with E-state index in [0.29, 0.717) is 17.6 Å². The summed E-state index contributed by atoms with van der Waals surface area (Å²) in [7, 11) is 0. The van der Waals surface area contributed by atoms with E-state index in [1.807, 2.05) is 0 Å². The molecule has 0 fully saturated rings. The van der Waals surface area contributed by atoms with Gasteiger partial charge < -0.3 is 0 Å². The first-order chi connectivity index (χ1) is 4.70. The Morgan fingerprint density at radius 1 is 1.30 bits per heavy atom. The van der Waals surface area contributed by atoms with Crippen molar-refractivity contribution in [1.82, 2.24) is 0 Å². The lowest BCUT2D eigenvalue weighted by molar-refractivity contribution is 0.431. The van der Waals surface area contributed by atoms with Crippen LogP contribution in [0.2, 0.25) is 0 Å². The molecule has 2 heteroatoms. The zero-order chi connectivity index (χ0) is 7.98. The van der Waals surface area contributed by atoms with Gasteiger partial charge in [0.05, 0.1) is 0 Å². The van der Waals surface area contributed by atoms with Crippen LogP contribution in [0.4, 0.5) is 0 Å². The number of rotatable bonds is 5. The molecular formula is C8H17OS+. The molecule has 0 amide bonds. The molecule has 0 heterocycles. The second kappa shape index (κ2) is 5.78. The Kier molecular flexibility index (Phi) is 5.79. The van der Waals surface area contributed by atoms with Crippen LogP contribution < -0.4 is 0 Å². The molecule has 0 aromatic heterocycles. The lowest BCUT2D eigenvalue weighted by Gasteiger charge is -2.08. The fourth-order valence-electron chi connectivity index (χ4n) is 1.04. The van der Waals surface area contributed by atoms with E-state index in [1.165, 1.54) is 12.8 Å². The van der Waals surface area contributed by atoms with Gasteiger partial charge in [-0.15, -0.1) is 0 Å². The predicted molar refractivity (Wildman–Crippen MR) is 46.2 cm³/mol. The molecule has 0 aliphatic rings. The van der Waals surface area contributed by atoms with Gasteiger partial charge in [-0.25, -0.2) is 0 Å². The van der Waals surface area contributed by atoms with E-state index >= 15 is 0 Å². The van der Waals surface area contributed by atoms with Crippen molar-refractivity contribution in [2.24, 2.45) is 11.8 Å². The second-order valence-corrected chi connectivity index (χ2v) is 3.71. The number of hydrogen-bond donors (Lipinski definition) is 0. The summed E-state index contributed by atoms with van der Waals surface area (Å²) >= 11 is 0.712. The molecule has 1 nitrogen and oxygen atoms in total. The van der Waals surface area contributed by atoms with E-state index in [-0.39, 0.29) is 0 Å². The maximum absolute atomic E-state index is 10.1. The topological polar surface area (TPSA) is 17.1 Å². The van der Waals surface area contributed by atoms with Crippen LogP contribution in [0.3, 0.4) is 0 Å². The molecule has 0 spiro atoms. The Hall–Kier alpha value is 0.0200.